The van der Waals surface area contributed by atoms with Crippen LogP contribution in [0.4, 0.5) is 0 Å². The Kier molecular flexibility index (Phi) is 4.38. The van der Waals surface area contributed by atoms with Crippen LogP contribution in [0, 0.1) is 0 Å². The molecule has 1 atom stereocenters. The van der Waals surface area contributed by atoms with E-state index in [0.717, 1.165) is 37.4 Å². The Morgan fingerprint density at radius 3 is 3.10 bits per heavy atom. The van der Waals surface area contributed by atoms with E-state index in [4.69, 9.17) is 4.74 Å². The number of carbonyl (C=O) groups is 1. The highest BCUT2D eigenvalue weighted by atomic mass is 32.1. The maximum absolute atomic E-state index is 12.5. The smallest absolute Gasteiger partial charge is 0.263 e. The fourth-order valence-corrected chi connectivity index (χ4v) is 4.16. The first-order valence-corrected chi connectivity index (χ1v) is 8.25. The third kappa shape index (κ3) is 3.05. The second kappa shape index (κ2) is 6.24. The molecule has 0 saturated carbocycles. The SMILES string of the molecule is CN(CC1CNCCO1)C(=O)c1cc2c(s1)CCCC2. The van der Waals surface area contributed by atoms with E-state index in [-0.39, 0.29) is 12.0 Å². The minimum absolute atomic E-state index is 0.118. The van der Waals surface area contributed by atoms with Crippen molar-refractivity contribution in [3.8, 4) is 0 Å². The Labute approximate surface area is 124 Å². The van der Waals surface area contributed by atoms with Gasteiger partial charge in [0.2, 0.25) is 0 Å². The zero-order valence-electron chi connectivity index (χ0n) is 12.0. The van der Waals surface area contributed by atoms with Crippen molar-refractivity contribution in [1.29, 1.82) is 0 Å². The van der Waals surface area contributed by atoms with E-state index in [1.54, 1.807) is 16.2 Å². The molecule has 5 heteroatoms. The van der Waals surface area contributed by atoms with E-state index in [1.165, 1.54) is 23.3 Å². The van der Waals surface area contributed by atoms with Gasteiger partial charge in [-0.1, -0.05) is 0 Å². The number of ether oxygens (including phenoxy) is 1. The predicted molar refractivity (Wildman–Crippen MR) is 80.5 cm³/mol. The van der Waals surface area contributed by atoms with Crippen LogP contribution in [0.5, 0.6) is 0 Å². The summed E-state index contributed by atoms with van der Waals surface area (Å²) in [6.07, 6.45) is 4.92. The molecule has 0 bridgehead atoms. The lowest BCUT2D eigenvalue weighted by atomic mass is 9.99. The highest BCUT2D eigenvalue weighted by Gasteiger charge is 2.22. The highest BCUT2D eigenvalue weighted by Crippen LogP contribution is 2.30. The number of nitrogens with one attached hydrogen (secondary N) is 1. The zero-order chi connectivity index (χ0) is 13.9. The van der Waals surface area contributed by atoms with Gasteiger partial charge in [0.1, 0.15) is 0 Å². The molecule has 1 N–H and O–H groups in total. The second-order valence-corrected chi connectivity index (χ2v) is 6.79. The van der Waals surface area contributed by atoms with Gasteiger partial charge in [-0.05, 0) is 37.3 Å². The van der Waals surface area contributed by atoms with Crippen LogP contribution >= 0.6 is 11.3 Å². The molecule has 1 unspecified atom stereocenters. The van der Waals surface area contributed by atoms with Crippen LogP contribution in [0.3, 0.4) is 0 Å². The summed E-state index contributed by atoms with van der Waals surface area (Å²) in [5, 5.41) is 3.30. The number of hydrogen-bond acceptors (Lipinski definition) is 4. The van der Waals surface area contributed by atoms with Gasteiger partial charge < -0.3 is 15.0 Å². The lowest BCUT2D eigenvalue weighted by Crippen LogP contribution is -2.45. The van der Waals surface area contributed by atoms with Crippen LogP contribution in [0.25, 0.3) is 0 Å². The fourth-order valence-electron chi connectivity index (χ4n) is 2.91. The average Bonchev–Trinajstić information content (AvgIpc) is 2.91. The molecular formula is C15H22N2O2S. The van der Waals surface area contributed by atoms with E-state index in [2.05, 4.69) is 11.4 Å². The average molecular weight is 294 g/mol. The molecule has 0 aromatic carbocycles. The maximum atomic E-state index is 12.5. The summed E-state index contributed by atoms with van der Waals surface area (Å²) in [6, 6.07) is 2.11. The molecule has 1 saturated heterocycles. The Hall–Kier alpha value is -0.910. The normalized spacial score (nSPS) is 22.4. The Balaban J connectivity index is 1.63. The first kappa shape index (κ1) is 14.0. The van der Waals surface area contributed by atoms with Gasteiger partial charge in [0.25, 0.3) is 5.91 Å². The van der Waals surface area contributed by atoms with Gasteiger partial charge in [-0.15, -0.1) is 11.3 Å². The van der Waals surface area contributed by atoms with Gasteiger partial charge in [-0.2, -0.15) is 0 Å². The van der Waals surface area contributed by atoms with E-state index >= 15 is 0 Å². The lowest BCUT2D eigenvalue weighted by molar-refractivity contribution is 0.0105. The van der Waals surface area contributed by atoms with Crippen LogP contribution in [-0.2, 0) is 17.6 Å². The molecule has 1 amide bonds. The number of rotatable bonds is 3. The quantitative estimate of drug-likeness (QED) is 0.922. The first-order valence-electron chi connectivity index (χ1n) is 7.43. The van der Waals surface area contributed by atoms with Crippen molar-refractivity contribution in [2.75, 3.05) is 33.3 Å². The van der Waals surface area contributed by atoms with Crippen LogP contribution in [0.15, 0.2) is 6.07 Å². The lowest BCUT2D eigenvalue weighted by Gasteiger charge is -2.27. The molecule has 0 radical (unpaired) electrons. The standard InChI is InChI=1S/C15H22N2O2S/c1-17(10-12-9-16-6-7-19-12)15(18)14-8-11-4-2-3-5-13(11)20-14/h8,12,16H,2-7,9-10H2,1H3. The Morgan fingerprint density at radius 2 is 2.35 bits per heavy atom. The van der Waals surface area contributed by atoms with Gasteiger partial charge in [-0.25, -0.2) is 0 Å². The number of hydrogen-bond donors (Lipinski definition) is 1. The van der Waals surface area contributed by atoms with Gasteiger partial charge in [0.15, 0.2) is 0 Å². The van der Waals surface area contributed by atoms with E-state index in [1.807, 2.05) is 7.05 Å². The number of likely N-dealkylation sites (N-methyl/N-ethyl adjacent to an activating group) is 1. The Morgan fingerprint density at radius 1 is 1.50 bits per heavy atom. The number of nitrogens with zero attached hydrogens (tertiary/aromatic N) is 1. The number of carbonyl (C=O) groups excluding carboxylic acids is 1. The van der Waals surface area contributed by atoms with Gasteiger partial charge in [0, 0.05) is 31.6 Å². The predicted octanol–water partition coefficient (Wildman–Crippen LogP) is 1.69. The second-order valence-electron chi connectivity index (χ2n) is 5.65. The zero-order valence-corrected chi connectivity index (χ0v) is 12.8. The van der Waals surface area contributed by atoms with Crippen LogP contribution in [-0.4, -0.2) is 50.2 Å². The molecule has 2 aliphatic rings. The van der Waals surface area contributed by atoms with E-state index < -0.39 is 0 Å². The first-order chi connectivity index (χ1) is 9.74. The molecule has 1 aromatic heterocycles. The molecule has 1 fully saturated rings. The summed E-state index contributed by atoms with van der Waals surface area (Å²) >= 11 is 1.69. The van der Waals surface area contributed by atoms with Gasteiger partial charge in [-0.3, -0.25) is 4.79 Å². The van der Waals surface area contributed by atoms with Crippen molar-refractivity contribution in [3.05, 3.63) is 21.4 Å². The number of amides is 1. The van der Waals surface area contributed by atoms with Gasteiger partial charge in [0.05, 0.1) is 17.6 Å². The molecule has 0 spiro atoms. The summed E-state index contributed by atoms with van der Waals surface area (Å²) in [4.78, 5) is 16.6. The van der Waals surface area contributed by atoms with E-state index in [9.17, 15) is 4.79 Å². The number of aryl methyl sites for hydroxylation is 2. The molecule has 20 heavy (non-hydrogen) atoms. The Bertz CT molecular complexity index is 457. The van der Waals surface area contributed by atoms with Gasteiger partial charge >= 0.3 is 0 Å². The maximum Gasteiger partial charge on any atom is 0.263 e. The largest absolute Gasteiger partial charge is 0.374 e. The third-order valence-electron chi connectivity index (χ3n) is 4.04. The van der Waals surface area contributed by atoms with Crippen LogP contribution in [0.2, 0.25) is 0 Å². The number of morpholine rings is 1. The highest BCUT2D eigenvalue weighted by molar-refractivity contribution is 7.14. The summed E-state index contributed by atoms with van der Waals surface area (Å²) in [7, 11) is 1.87. The van der Waals surface area contributed by atoms with Crippen molar-refractivity contribution in [2.24, 2.45) is 0 Å². The molecule has 1 aromatic rings. The minimum Gasteiger partial charge on any atom is -0.374 e. The van der Waals surface area contributed by atoms with Crippen molar-refractivity contribution >= 4 is 17.2 Å². The molecule has 2 heterocycles. The molecule has 1 aliphatic heterocycles. The molecule has 4 nitrogen and oxygen atoms in total. The number of thiophene rings is 1. The number of fused-ring (bicyclic) bond motifs is 1. The summed E-state index contributed by atoms with van der Waals surface area (Å²) in [5.41, 5.74) is 1.40. The topological polar surface area (TPSA) is 41.6 Å². The monoisotopic (exact) mass is 294 g/mol. The molecule has 3 rings (SSSR count). The molecule has 1 aliphatic carbocycles. The third-order valence-corrected chi connectivity index (χ3v) is 5.26. The van der Waals surface area contributed by atoms with Crippen molar-refractivity contribution in [1.82, 2.24) is 10.2 Å². The van der Waals surface area contributed by atoms with Crippen molar-refractivity contribution < 1.29 is 9.53 Å². The van der Waals surface area contributed by atoms with Crippen LogP contribution in [0.1, 0.15) is 33.0 Å². The molecular weight excluding hydrogens is 272 g/mol. The summed E-state index contributed by atoms with van der Waals surface area (Å²) < 4.78 is 5.66. The summed E-state index contributed by atoms with van der Waals surface area (Å²) in [5.74, 6) is 0.138. The molecule has 110 valence electrons. The minimum atomic E-state index is 0.118. The summed E-state index contributed by atoms with van der Waals surface area (Å²) in [6.45, 7) is 3.14. The van der Waals surface area contributed by atoms with Crippen molar-refractivity contribution in [3.63, 3.8) is 0 Å². The fraction of sp³-hybridized carbons (Fsp3) is 0.667. The van der Waals surface area contributed by atoms with Crippen molar-refractivity contribution in [2.45, 2.75) is 31.8 Å². The van der Waals surface area contributed by atoms with Crippen LogP contribution < -0.4 is 5.32 Å². The van der Waals surface area contributed by atoms with E-state index in [0.29, 0.717) is 6.54 Å².